The minimum atomic E-state index is -2.58. The van der Waals surface area contributed by atoms with E-state index in [0.29, 0.717) is 54.5 Å². The first-order valence-corrected chi connectivity index (χ1v) is 21.8. The van der Waals surface area contributed by atoms with Crippen molar-refractivity contribution in [2.75, 3.05) is 4.81 Å². The topological polar surface area (TPSA) is 53.0 Å². The van der Waals surface area contributed by atoms with Gasteiger partial charge in [0.2, 0.25) is 0 Å². The third-order valence-electron chi connectivity index (χ3n) is 11.2. The van der Waals surface area contributed by atoms with Crippen LogP contribution in [0.1, 0.15) is 76.2 Å². The van der Waals surface area contributed by atoms with Gasteiger partial charge in [0.1, 0.15) is 0 Å². The van der Waals surface area contributed by atoms with Crippen molar-refractivity contribution in [3.63, 3.8) is 0 Å². The van der Waals surface area contributed by atoms with Gasteiger partial charge in [0.15, 0.2) is 0 Å². The zero-order chi connectivity index (χ0) is 55.7. The normalized spacial score (nSPS) is 15.8. The molecule has 1 aliphatic rings. The van der Waals surface area contributed by atoms with Gasteiger partial charge in [-0.1, -0.05) is 20.8 Å². The summed E-state index contributed by atoms with van der Waals surface area (Å²) in [7, 11) is 0. The molecule has 0 aliphatic carbocycles. The van der Waals surface area contributed by atoms with E-state index in [4.69, 9.17) is 22.2 Å². The molecule has 9 heteroatoms. The first-order valence-electron chi connectivity index (χ1n) is 27.2. The number of pyridine rings is 1. The Kier molecular flexibility index (Phi) is 7.23. The van der Waals surface area contributed by atoms with Gasteiger partial charge >= 0.3 is 341 Å². The Balaban J connectivity index is 1.20. The van der Waals surface area contributed by atoms with Gasteiger partial charge in [-0.05, 0) is 18.6 Å². The fourth-order valence-corrected chi connectivity index (χ4v) is 9.02. The number of ether oxygens (including phenoxy) is 1. The molecular formula is C55H49BN6OPt-2. The molecule has 0 saturated carbocycles. The molecular weight excluding hydrogens is 967 g/mol. The second kappa shape index (κ2) is 15.9. The summed E-state index contributed by atoms with van der Waals surface area (Å²) in [5, 5.41) is 4.89. The average molecular weight is 1030 g/mol. The SMILES string of the molecule is [2H]c1c([2H])c([2H])c(-c2cc(C(C)(C)C)cc(-c3c([2H])c([2H])c([2H])c([2H])c3[2H])c2-n2[c](=[Pt])n(-c3[c-]c(Oc4[c-]c5c(cc4)-c4cc(C(C)(C)C)nn4B(C([2H])([2H])[2H])N5c4cc(C)ccn4)ccc3)c3ccccc32)c([2H])c1[2H]. The number of nitrogens with zero attached hydrogens (tertiary/aromatic N) is 6. The maximum atomic E-state index is 9.29. The van der Waals surface area contributed by atoms with Crippen LogP contribution in [0.25, 0.3) is 55.9 Å². The summed E-state index contributed by atoms with van der Waals surface area (Å²) in [6, 6.07) is 26.8. The van der Waals surface area contributed by atoms with Crippen LogP contribution in [0.3, 0.4) is 0 Å². The number of para-hydroxylation sites is 2. The standard InChI is InChI=1S/C55H49BN6O.Pt/c1-37-28-29-57-52(30-37)61-49-34-43(26-27-44(49)50-35-51(55(5,6)7)58-62(50)56(61)8)63-42-23-17-22-41(33-42)59-36-60(48-25-16-15-24-47(48)59)53-45(38-18-11-9-12-19-38)31-40(54(2,3)4)32-46(53)39-20-13-10-14-21-39;/h9-32,35H,1-8H3;/q-2;/i8D3,9D,10D,11D,12D,13D,14D,18D,19D,20D,21D;. The molecule has 0 N–H and O–H groups in total. The summed E-state index contributed by atoms with van der Waals surface area (Å²) in [5.41, 5.74) is 4.70. The molecule has 7 nitrogen and oxygen atoms in total. The number of fused-ring (bicyclic) bond motifs is 4. The Hall–Kier alpha value is -6.50. The van der Waals surface area contributed by atoms with Crippen LogP contribution < -0.4 is 9.55 Å². The molecule has 0 atom stereocenters. The molecule has 0 saturated heterocycles. The quantitative estimate of drug-likeness (QED) is 0.118. The van der Waals surface area contributed by atoms with Gasteiger partial charge in [-0.25, -0.2) is 0 Å². The number of benzene rings is 6. The molecule has 0 spiro atoms. The van der Waals surface area contributed by atoms with Gasteiger partial charge < -0.3 is 0 Å². The molecule has 0 amide bonds. The van der Waals surface area contributed by atoms with Crippen molar-refractivity contribution < 1.29 is 41.9 Å². The molecule has 64 heavy (non-hydrogen) atoms. The molecule has 0 fully saturated rings. The van der Waals surface area contributed by atoms with Crippen molar-refractivity contribution in [3.05, 3.63) is 184 Å². The Morgan fingerprint density at radius 3 is 1.98 bits per heavy atom. The first-order chi connectivity index (χ1) is 36.1. The molecule has 0 unspecified atom stereocenters. The number of hydrogen-bond donors (Lipinski definition) is 0. The molecule has 1 aliphatic heterocycles. The third kappa shape index (κ3) is 7.38. The molecule has 4 heterocycles. The fourth-order valence-electron chi connectivity index (χ4n) is 7.95. The predicted molar refractivity (Wildman–Crippen MR) is 258 cm³/mol. The van der Waals surface area contributed by atoms with Gasteiger partial charge in [0.25, 0.3) is 0 Å². The van der Waals surface area contributed by atoms with E-state index < -0.39 is 85.0 Å². The van der Waals surface area contributed by atoms with E-state index in [-0.39, 0.29) is 39.4 Å². The number of imidazole rings is 1. The Bertz CT molecular complexity index is 3860. The van der Waals surface area contributed by atoms with Crippen molar-refractivity contribution >= 4 is 29.5 Å². The van der Waals surface area contributed by atoms with E-state index in [2.05, 4.69) is 36.5 Å². The van der Waals surface area contributed by atoms with Gasteiger partial charge in [-0.15, -0.1) is 0 Å². The maximum absolute atomic E-state index is 9.29. The van der Waals surface area contributed by atoms with Crippen molar-refractivity contribution in [2.45, 2.75) is 66.0 Å². The van der Waals surface area contributed by atoms with Gasteiger partial charge in [-0.2, -0.15) is 5.10 Å². The molecule has 320 valence electrons. The van der Waals surface area contributed by atoms with E-state index >= 15 is 0 Å². The average Bonchev–Trinajstić information content (AvgIpc) is 4.22. The van der Waals surface area contributed by atoms with E-state index in [1.54, 1.807) is 50.5 Å². The monoisotopic (exact) mass is 1030 g/mol. The van der Waals surface area contributed by atoms with Crippen LogP contribution in [0.5, 0.6) is 11.5 Å². The van der Waals surface area contributed by atoms with Crippen molar-refractivity contribution in [1.29, 1.82) is 0 Å². The summed E-state index contributed by atoms with van der Waals surface area (Å²) in [6.45, 7) is 9.87. The van der Waals surface area contributed by atoms with Crippen LogP contribution in [-0.2, 0) is 30.2 Å². The van der Waals surface area contributed by atoms with E-state index in [1.807, 2.05) is 108 Å². The number of hydrogen-bond acceptors (Lipinski definition) is 4. The Labute approximate surface area is 405 Å². The molecule has 9 aromatic rings. The Morgan fingerprint density at radius 1 is 0.703 bits per heavy atom. The van der Waals surface area contributed by atoms with E-state index in [1.165, 1.54) is 0 Å². The van der Waals surface area contributed by atoms with E-state index in [9.17, 15) is 5.48 Å². The number of aryl methyl sites for hydroxylation is 1. The second-order valence-electron chi connectivity index (χ2n) is 17.7. The number of rotatable bonds is 7. The predicted octanol–water partition coefficient (Wildman–Crippen LogP) is 13.5. The molecule has 6 aromatic carbocycles. The second-order valence-corrected chi connectivity index (χ2v) is 18.7. The molecule has 10 rings (SSSR count). The number of anilines is 2. The van der Waals surface area contributed by atoms with E-state index in [0.717, 1.165) is 5.56 Å². The summed E-state index contributed by atoms with van der Waals surface area (Å²) < 4.78 is 128. The minimum absolute atomic E-state index is 0.143. The van der Waals surface area contributed by atoms with Crippen molar-refractivity contribution in [3.8, 4) is 56.4 Å². The molecule has 0 radical (unpaired) electrons. The van der Waals surface area contributed by atoms with Crippen molar-refractivity contribution in [2.24, 2.45) is 0 Å². The third-order valence-corrected chi connectivity index (χ3v) is 12.2. The van der Waals surface area contributed by atoms with Crippen molar-refractivity contribution in [1.82, 2.24) is 23.8 Å². The van der Waals surface area contributed by atoms with Crippen LogP contribution in [-0.4, -0.2) is 30.8 Å². The van der Waals surface area contributed by atoms with Gasteiger partial charge in [-0.3, -0.25) is 0 Å². The van der Waals surface area contributed by atoms with Gasteiger partial charge in [0, 0.05) is 15.7 Å². The molecule has 3 aromatic heterocycles. The summed E-state index contributed by atoms with van der Waals surface area (Å²) in [4.78, 5) is 6.28. The summed E-state index contributed by atoms with van der Waals surface area (Å²) in [5.74, 6) is 0.889. The van der Waals surface area contributed by atoms with Crippen LogP contribution in [0.2, 0.25) is 6.75 Å². The van der Waals surface area contributed by atoms with Crippen LogP contribution in [0.4, 0.5) is 11.5 Å². The molecule has 0 bridgehead atoms. The summed E-state index contributed by atoms with van der Waals surface area (Å²) >= 11 is 2.13. The Morgan fingerprint density at radius 2 is 1.36 bits per heavy atom. The first kappa shape index (κ1) is 29.0. The van der Waals surface area contributed by atoms with Gasteiger partial charge in [0.05, 0.1) is 5.69 Å². The zero-order valence-electron chi connectivity index (χ0n) is 49.1. The fraction of sp³-hybridized carbons (Fsp3) is 0.182. The number of aromatic nitrogens is 5. The van der Waals surface area contributed by atoms with Crippen LogP contribution in [0, 0.1) is 22.9 Å². The van der Waals surface area contributed by atoms with Crippen LogP contribution in [0.15, 0.2) is 152 Å². The summed E-state index contributed by atoms with van der Waals surface area (Å²) in [6.07, 6.45) is 1.63. The van der Waals surface area contributed by atoms with Crippen LogP contribution >= 0.6 is 0 Å². The zero-order valence-corrected chi connectivity index (χ0v) is 38.4.